The van der Waals surface area contributed by atoms with Crippen LogP contribution in [0.2, 0.25) is 0 Å². The van der Waals surface area contributed by atoms with Gasteiger partial charge in [0.1, 0.15) is 12.8 Å². The molecule has 3 rings (SSSR count). The van der Waals surface area contributed by atoms with Gasteiger partial charge < -0.3 is 10.4 Å². The molecule has 1 aliphatic heterocycles. The van der Waals surface area contributed by atoms with Crippen LogP contribution in [0.4, 0.5) is 13.2 Å². The van der Waals surface area contributed by atoms with Crippen molar-refractivity contribution in [3.8, 4) is 11.1 Å². The van der Waals surface area contributed by atoms with E-state index in [-0.39, 0.29) is 11.3 Å². The third-order valence-corrected chi connectivity index (χ3v) is 5.85. The highest BCUT2D eigenvalue weighted by molar-refractivity contribution is 8.28. The highest BCUT2D eigenvalue weighted by Crippen LogP contribution is 2.54. The number of benzene rings is 1. The van der Waals surface area contributed by atoms with Crippen molar-refractivity contribution in [1.82, 2.24) is 10.3 Å². The normalized spacial score (nSPS) is 18.4. The van der Waals surface area contributed by atoms with Crippen LogP contribution in [0.1, 0.15) is 17.4 Å². The maximum Gasteiger partial charge on any atom is 0.315 e. The van der Waals surface area contributed by atoms with E-state index in [0.29, 0.717) is 5.69 Å². The first-order chi connectivity index (χ1) is 13.7. The van der Waals surface area contributed by atoms with Crippen LogP contribution in [0.15, 0.2) is 48.0 Å². The van der Waals surface area contributed by atoms with Crippen LogP contribution in [0, 0.1) is 0 Å². The summed E-state index contributed by atoms with van der Waals surface area (Å²) in [6.45, 7) is -1.20. The lowest BCUT2D eigenvalue weighted by molar-refractivity contribution is -0.133. The fraction of sp³-hybridized carbons (Fsp3) is 0.263. The molecule has 4 N–H and O–H groups in total. The number of nitrogens with one attached hydrogen (secondary N) is 1. The number of alkyl halides is 3. The molecule has 1 amide bonds. The minimum absolute atomic E-state index is 0.184. The van der Waals surface area contributed by atoms with E-state index >= 15 is 0 Å². The van der Waals surface area contributed by atoms with Gasteiger partial charge in [-0.05, 0) is 17.2 Å². The highest BCUT2D eigenvalue weighted by Gasteiger charge is 2.27. The van der Waals surface area contributed by atoms with Crippen molar-refractivity contribution >= 4 is 22.1 Å². The minimum Gasteiger partial charge on any atom is -0.386 e. The number of aliphatic hydroxyl groups excluding tert-OH is 1. The van der Waals surface area contributed by atoms with Gasteiger partial charge >= 0.3 is 6.43 Å². The van der Waals surface area contributed by atoms with Crippen LogP contribution in [0.5, 0.6) is 0 Å². The van der Waals surface area contributed by atoms with E-state index in [4.69, 9.17) is 0 Å². The summed E-state index contributed by atoms with van der Waals surface area (Å²) in [4.78, 5) is 15.3. The summed E-state index contributed by atoms with van der Waals surface area (Å²) in [5.41, 5.74) is 3.18. The molecule has 0 aliphatic carbocycles. The molecule has 0 unspecified atom stereocenters. The quantitative estimate of drug-likeness (QED) is 0.540. The van der Waals surface area contributed by atoms with Gasteiger partial charge in [0, 0.05) is 22.7 Å². The zero-order valence-corrected chi connectivity index (χ0v) is 15.8. The van der Waals surface area contributed by atoms with E-state index in [0.717, 1.165) is 16.7 Å². The van der Waals surface area contributed by atoms with E-state index in [1.54, 1.807) is 35.8 Å². The lowest BCUT2D eigenvalue weighted by Gasteiger charge is -2.37. The van der Waals surface area contributed by atoms with Gasteiger partial charge in [-0.1, -0.05) is 30.3 Å². The molecule has 0 bridgehead atoms. The number of amides is 1. The Balaban J connectivity index is 1.70. The lowest BCUT2D eigenvalue weighted by atomic mass is 9.99. The molecule has 29 heavy (non-hydrogen) atoms. The van der Waals surface area contributed by atoms with E-state index in [1.165, 1.54) is 17.5 Å². The third kappa shape index (κ3) is 4.96. The Hall–Kier alpha value is -2.40. The molecule has 2 heterocycles. The Kier molecular flexibility index (Phi) is 6.27. The number of carbonyl (C=O) groups excluding carboxylic acids is 1. The average Bonchev–Trinajstić information content (AvgIpc) is 2.69. The SMILES string of the molecule is O=C(N[C@H](CF)[C@H](O)c1ccc(-c2ccc(C3=CS(O)(O)C3)nc2)cc1)C(F)F. The molecule has 1 aliphatic rings. The number of hydrogen-bond donors (Lipinski definition) is 4. The van der Waals surface area contributed by atoms with Gasteiger partial charge in [-0.2, -0.15) is 19.4 Å². The van der Waals surface area contributed by atoms with Crippen LogP contribution >= 0.6 is 10.6 Å². The van der Waals surface area contributed by atoms with Gasteiger partial charge in [-0.3, -0.25) is 18.9 Å². The lowest BCUT2D eigenvalue weighted by Crippen LogP contribution is -2.43. The Morgan fingerprint density at radius 3 is 2.24 bits per heavy atom. The Morgan fingerprint density at radius 2 is 1.76 bits per heavy atom. The second-order valence-electron chi connectivity index (χ2n) is 6.57. The summed E-state index contributed by atoms with van der Waals surface area (Å²) in [5, 5.41) is 13.4. The van der Waals surface area contributed by atoms with Gasteiger partial charge in [0.2, 0.25) is 0 Å². The fourth-order valence-electron chi connectivity index (χ4n) is 2.87. The smallest absolute Gasteiger partial charge is 0.315 e. The van der Waals surface area contributed by atoms with E-state index in [2.05, 4.69) is 4.98 Å². The van der Waals surface area contributed by atoms with Crippen molar-refractivity contribution < 1.29 is 32.2 Å². The standard InChI is InChI=1S/C19H19F3N2O4S/c20-7-16(24-19(26)18(21)22)17(25)12-3-1-11(2-4-12)13-5-6-15(23-8-13)14-9-29(27,28)10-14/h1-6,8-9,16-18,25,27-28H,7,10H2,(H,24,26)/t16-,17-/m1/s1. The molecule has 1 aromatic carbocycles. The molecule has 1 aromatic heterocycles. The van der Waals surface area contributed by atoms with E-state index < -0.39 is 41.7 Å². The first kappa shape index (κ1) is 21.3. The predicted octanol–water partition coefficient (Wildman–Crippen LogP) is 3.61. The van der Waals surface area contributed by atoms with Gasteiger partial charge in [0.25, 0.3) is 5.91 Å². The van der Waals surface area contributed by atoms with Crippen molar-refractivity contribution in [2.75, 3.05) is 12.4 Å². The van der Waals surface area contributed by atoms with Crippen molar-refractivity contribution in [3.05, 3.63) is 59.3 Å². The van der Waals surface area contributed by atoms with Gasteiger partial charge in [0.05, 0.1) is 17.5 Å². The third-order valence-electron chi connectivity index (χ3n) is 4.45. The molecule has 2 aromatic rings. The molecule has 0 fully saturated rings. The topological polar surface area (TPSA) is 103 Å². The van der Waals surface area contributed by atoms with E-state index in [9.17, 15) is 32.2 Å². The summed E-state index contributed by atoms with van der Waals surface area (Å²) in [6.07, 6.45) is -3.17. The Bertz CT molecular complexity index is 905. The van der Waals surface area contributed by atoms with Crippen LogP contribution in [-0.4, -0.2) is 50.0 Å². The first-order valence-electron chi connectivity index (χ1n) is 8.56. The number of pyridine rings is 1. The number of carbonyl (C=O) groups is 1. The van der Waals surface area contributed by atoms with Crippen LogP contribution in [0.3, 0.4) is 0 Å². The Morgan fingerprint density at radius 1 is 1.14 bits per heavy atom. The first-order valence-corrected chi connectivity index (χ1v) is 10.3. The zero-order chi connectivity index (χ0) is 21.2. The summed E-state index contributed by atoms with van der Waals surface area (Å²) in [7, 11) is -2.60. The molecule has 0 radical (unpaired) electrons. The maximum atomic E-state index is 13.1. The van der Waals surface area contributed by atoms with Crippen LogP contribution in [0.25, 0.3) is 16.7 Å². The zero-order valence-electron chi connectivity index (χ0n) is 15.0. The number of halogens is 3. The summed E-state index contributed by atoms with van der Waals surface area (Å²) in [6, 6.07) is 8.39. The van der Waals surface area contributed by atoms with Crippen molar-refractivity contribution in [2.45, 2.75) is 18.6 Å². The molecule has 156 valence electrons. The molecule has 0 saturated carbocycles. The van der Waals surface area contributed by atoms with E-state index in [1.807, 2.05) is 0 Å². The monoisotopic (exact) mass is 428 g/mol. The van der Waals surface area contributed by atoms with Gasteiger partial charge in [-0.25, -0.2) is 4.39 Å². The molecule has 6 nitrogen and oxygen atoms in total. The molecule has 0 saturated heterocycles. The molecular weight excluding hydrogens is 409 g/mol. The van der Waals surface area contributed by atoms with Crippen LogP contribution < -0.4 is 5.32 Å². The van der Waals surface area contributed by atoms with Crippen LogP contribution in [-0.2, 0) is 4.79 Å². The summed E-state index contributed by atoms with van der Waals surface area (Å²) < 4.78 is 56.6. The minimum atomic E-state index is -3.29. The van der Waals surface area contributed by atoms with Gasteiger partial charge in [-0.15, -0.1) is 0 Å². The summed E-state index contributed by atoms with van der Waals surface area (Å²) in [5.74, 6) is -1.46. The number of nitrogens with zero attached hydrogens (tertiary/aromatic N) is 1. The number of aliphatic hydroxyl groups is 1. The summed E-state index contributed by atoms with van der Waals surface area (Å²) >= 11 is 0. The van der Waals surface area contributed by atoms with Gasteiger partial charge in [0.15, 0.2) is 0 Å². The second kappa shape index (κ2) is 8.54. The molecule has 0 spiro atoms. The van der Waals surface area contributed by atoms with Crippen molar-refractivity contribution in [3.63, 3.8) is 0 Å². The largest absolute Gasteiger partial charge is 0.386 e. The maximum absolute atomic E-state index is 13.1. The predicted molar refractivity (Wildman–Crippen MR) is 104 cm³/mol. The molecule has 2 atom stereocenters. The molecule has 10 heteroatoms. The van der Waals surface area contributed by atoms with Crippen molar-refractivity contribution in [2.24, 2.45) is 0 Å². The fourth-order valence-corrected chi connectivity index (χ4v) is 4.01. The number of aromatic nitrogens is 1. The number of hydrogen-bond acceptors (Lipinski definition) is 5. The number of rotatable bonds is 7. The molecular formula is C19H19F3N2O4S. The highest BCUT2D eigenvalue weighted by atomic mass is 32.3. The Labute approximate surface area is 166 Å². The van der Waals surface area contributed by atoms with Crippen molar-refractivity contribution in [1.29, 1.82) is 0 Å². The second-order valence-corrected chi connectivity index (χ2v) is 8.53. The average molecular weight is 428 g/mol.